The summed E-state index contributed by atoms with van der Waals surface area (Å²) in [6.07, 6.45) is 0. The molecule has 0 aliphatic rings. The Hall–Kier alpha value is -2.28. The number of carbonyl (C=O) groups is 2. The number of hydrogen-bond acceptors (Lipinski definition) is 5. The van der Waals surface area contributed by atoms with Gasteiger partial charge in [-0.1, -0.05) is 0 Å². The molecule has 116 valence electrons. The van der Waals surface area contributed by atoms with E-state index >= 15 is 0 Å². The normalized spacial score (nSPS) is 11.1. The van der Waals surface area contributed by atoms with Gasteiger partial charge in [-0.05, 0) is 38.1 Å². The molecule has 1 heterocycles. The van der Waals surface area contributed by atoms with Gasteiger partial charge in [-0.2, -0.15) is 0 Å². The SMILES string of the molecule is CC(=O)c1csc(NC(=O)C(C)(C)Oc2ccc(F)cc2)n1. The minimum Gasteiger partial charge on any atom is -0.478 e. The fourth-order valence-electron chi connectivity index (χ4n) is 1.58. The number of thiazole rings is 1. The van der Waals surface area contributed by atoms with E-state index in [-0.39, 0.29) is 11.6 Å². The zero-order valence-electron chi connectivity index (χ0n) is 12.3. The van der Waals surface area contributed by atoms with Gasteiger partial charge in [0.15, 0.2) is 16.5 Å². The Morgan fingerprint density at radius 2 is 1.91 bits per heavy atom. The lowest BCUT2D eigenvalue weighted by Crippen LogP contribution is -2.42. The van der Waals surface area contributed by atoms with Crippen molar-refractivity contribution in [3.8, 4) is 5.75 Å². The van der Waals surface area contributed by atoms with Gasteiger partial charge in [0.05, 0.1) is 0 Å². The van der Waals surface area contributed by atoms with Gasteiger partial charge >= 0.3 is 0 Å². The molecule has 0 bridgehead atoms. The first-order chi connectivity index (χ1) is 10.3. The number of anilines is 1. The van der Waals surface area contributed by atoms with Crippen molar-refractivity contribution in [2.75, 3.05) is 5.32 Å². The second kappa shape index (κ2) is 6.23. The van der Waals surface area contributed by atoms with Crippen molar-refractivity contribution in [1.82, 2.24) is 4.98 Å². The number of carbonyl (C=O) groups excluding carboxylic acids is 2. The van der Waals surface area contributed by atoms with Crippen LogP contribution in [0.15, 0.2) is 29.6 Å². The third-order valence-electron chi connectivity index (χ3n) is 2.82. The van der Waals surface area contributed by atoms with Crippen LogP contribution in [0.25, 0.3) is 0 Å². The molecule has 0 radical (unpaired) electrons. The number of hydrogen-bond donors (Lipinski definition) is 1. The van der Waals surface area contributed by atoms with Crippen molar-refractivity contribution in [3.05, 3.63) is 41.2 Å². The summed E-state index contributed by atoms with van der Waals surface area (Å²) in [5, 5.41) is 4.51. The maximum absolute atomic E-state index is 12.9. The number of Topliss-reactive ketones (excluding diaryl/α,β-unsaturated/α-hetero) is 1. The van der Waals surface area contributed by atoms with Gasteiger partial charge in [0.1, 0.15) is 17.3 Å². The number of benzene rings is 1. The maximum atomic E-state index is 12.9. The molecule has 0 fully saturated rings. The smallest absolute Gasteiger partial charge is 0.269 e. The predicted molar refractivity (Wildman–Crippen MR) is 81.9 cm³/mol. The molecule has 1 aromatic heterocycles. The number of rotatable bonds is 5. The Bertz CT molecular complexity index is 695. The summed E-state index contributed by atoms with van der Waals surface area (Å²) in [5.41, 5.74) is -0.877. The fraction of sp³-hybridized carbons (Fsp3) is 0.267. The Labute approximate surface area is 131 Å². The molecule has 2 rings (SSSR count). The molecule has 0 saturated heterocycles. The molecule has 0 spiro atoms. The van der Waals surface area contributed by atoms with E-state index in [4.69, 9.17) is 4.74 Å². The predicted octanol–water partition coefficient (Wildman–Crippen LogP) is 3.28. The first kappa shape index (κ1) is 16.1. The fourth-order valence-corrected chi connectivity index (χ4v) is 2.33. The number of nitrogens with one attached hydrogen (secondary N) is 1. The molecule has 0 aliphatic carbocycles. The van der Waals surface area contributed by atoms with Gasteiger partial charge in [0.2, 0.25) is 0 Å². The monoisotopic (exact) mass is 322 g/mol. The highest BCUT2D eigenvalue weighted by Gasteiger charge is 2.30. The second-order valence-electron chi connectivity index (χ2n) is 5.11. The van der Waals surface area contributed by atoms with Gasteiger partial charge in [-0.15, -0.1) is 11.3 Å². The Morgan fingerprint density at radius 3 is 2.45 bits per heavy atom. The molecule has 22 heavy (non-hydrogen) atoms. The molecular weight excluding hydrogens is 307 g/mol. The highest BCUT2D eigenvalue weighted by Crippen LogP contribution is 2.22. The van der Waals surface area contributed by atoms with Crippen LogP contribution in [-0.4, -0.2) is 22.3 Å². The van der Waals surface area contributed by atoms with Gasteiger partial charge in [0.25, 0.3) is 5.91 Å². The summed E-state index contributed by atoms with van der Waals surface area (Å²) >= 11 is 1.16. The number of nitrogens with zero attached hydrogens (tertiary/aromatic N) is 1. The first-order valence-corrected chi connectivity index (χ1v) is 7.38. The quantitative estimate of drug-likeness (QED) is 0.858. The molecule has 0 saturated carbocycles. The molecule has 1 aromatic carbocycles. The average Bonchev–Trinajstić information content (AvgIpc) is 2.90. The van der Waals surface area contributed by atoms with E-state index in [2.05, 4.69) is 10.3 Å². The molecule has 7 heteroatoms. The minimum atomic E-state index is -1.18. The van der Waals surface area contributed by atoms with Crippen LogP contribution in [0, 0.1) is 5.82 Å². The number of ether oxygens (including phenoxy) is 1. The topological polar surface area (TPSA) is 68.3 Å². The van der Waals surface area contributed by atoms with Crippen LogP contribution in [0.3, 0.4) is 0 Å². The van der Waals surface area contributed by atoms with Crippen LogP contribution < -0.4 is 10.1 Å². The van der Waals surface area contributed by atoms with Crippen LogP contribution in [0.2, 0.25) is 0 Å². The number of amides is 1. The summed E-state index contributed by atoms with van der Waals surface area (Å²) in [7, 11) is 0. The summed E-state index contributed by atoms with van der Waals surface area (Å²) in [6, 6.07) is 5.40. The van der Waals surface area contributed by atoms with Crippen LogP contribution in [-0.2, 0) is 4.79 Å². The first-order valence-electron chi connectivity index (χ1n) is 6.50. The molecule has 5 nitrogen and oxygen atoms in total. The summed E-state index contributed by atoms with van der Waals surface area (Å²) < 4.78 is 18.4. The molecular formula is C15H15FN2O3S. The van der Waals surface area contributed by atoms with Crippen molar-refractivity contribution in [3.63, 3.8) is 0 Å². The minimum absolute atomic E-state index is 0.168. The van der Waals surface area contributed by atoms with E-state index in [1.807, 2.05) is 0 Å². The zero-order valence-corrected chi connectivity index (χ0v) is 13.2. The van der Waals surface area contributed by atoms with Crippen molar-refractivity contribution in [2.45, 2.75) is 26.4 Å². The number of aromatic nitrogens is 1. The molecule has 0 unspecified atom stereocenters. The van der Waals surface area contributed by atoms with Crippen molar-refractivity contribution < 1.29 is 18.7 Å². The molecule has 1 amide bonds. The summed E-state index contributed by atoms with van der Waals surface area (Å²) in [5.74, 6) is -0.584. The Balaban J connectivity index is 2.05. The number of halogens is 1. The van der Waals surface area contributed by atoms with Crippen LogP contribution in [0.1, 0.15) is 31.3 Å². The molecule has 0 atom stereocenters. The largest absolute Gasteiger partial charge is 0.478 e. The van der Waals surface area contributed by atoms with E-state index in [0.29, 0.717) is 16.6 Å². The van der Waals surface area contributed by atoms with Gasteiger partial charge < -0.3 is 4.74 Å². The lowest BCUT2D eigenvalue weighted by molar-refractivity contribution is -0.128. The van der Waals surface area contributed by atoms with E-state index in [9.17, 15) is 14.0 Å². The summed E-state index contributed by atoms with van der Waals surface area (Å²) in [6.45, 7) is 4.58. The Morgan fingerprint density at radius 1 is 1.27 bits per heavy atom. The van der Waals surface area contributed by atoms with Gasteiger partial charge in [0, 0.05) is 12.3 Å². The van der Waals surface area contributed by atoms with Gasteiger partial charge in [-0.25, -0.2) is 9.37 Å². The lowest BCUT2D eigenvalue weighted by Gasteiger charge is -2.24. The molecule has 1 N–H and O–H groups in total. The van der Waals surface area contributed by atoms with Crippen molar-refractivity contribution in [2.24, 2.45) is 0 Å². The maximum Gasteiger partial charge on any atom is 0.269 e. The van der Waals surface area contributed by atoms with E-state index < -0.39 is 11.5 Å². The standard InChI is InChI=1S/C15H15FN2O3S/c1-9(19)12-8-22-14(17-12)18-13(20)15(2,3)21-11-6-4-10(16)5-7-11/h4-8H,1-3H3,(H,17,18,20). The van der Waals surface area contributed by atoms with E-state index in [0.717, 1.165) is 11.3 Å². The second-order valence-corrected chi connectivity index (χ2v) is 5.97. The molecule has 0 aliphatic heterocycles. The lowest BCUT2D eigenvalue weighted by atomic mass is 10.1. The highest BCUT2D eigenvalue weighted by molar-refractivity contribution is 7.14. The van der Waals surface area contributed by atoms with Gasteiger partial charge in [-0.3, -0.25) is 14.9 Å². The Kier molecular flexibility index (Phi) is 4.56. The van der Waals surface area contributed by atoms with Crippen LogP contribution in [0.4, 0.5) is 9.52 Å². The van der Waals surface area contributed by atoms with Crippen LogP contribution >= 0.6 is 11.3 Å². The van der Waals surface area contributed by atoms with Crippen molar-refractivity contribution >= 4 is 28.2 Å². The average molecular weight is 322 g/mol. The highest BCUT2D eigenvalue weighted by atomic mass is 32.1. The molecule has 2 aromatic rings. The number of ketones is 1. The van der Waals surface area contributed by atoms with E-state index in [1.54, 1.807) is 19.2 Å². The third-order valence-corrected chi connectivity index (χ3v) is 3.58. The third kappa shape index (κ3) is 3.88. The van der Waals surface area contributed by atoms with Crippen molar-refractivity contribution in [1.29, 1.82) is 0 Å². The zero-order chi connectivity index (χ0) is 16.3. The van der Waals surface area contributed by atoms with E-state index in [1.165, 1.54) is 31.2 Å². The van der Waals surface area contributed by atoms with Crippen LogP contribution in [0.5, 0.6) is 5.75 Å². The summed E-state index contributed by atoms with van der Waals surface area (Å²) in [4.78, 5) is 27.5.